The Morgan fingerprint density at radius 1 is 0.963 bits per heavy atom. The van der Waals surface area contributed by atoms with Crippen LogP contribution in [0.5, 0.6) is 5.75 Å². The lowest BCUT2D eigenvalue weighted by atomic mass is 10.0. The van der Waals surface area contributed by atoms with E-state index in [1.54, 1.807) is 38.1 Å². The summed E-state index contributed by atoms with van der Waals surface area (Å²) in [7, 11) is -3.78. The van der Waals surface area contributed by atoms with Crippen LogP contribution in [-0.2, 0) is 23.6 Å². The summed E-state index contributed by atoms with van der Waals surface area (Å²) in [6, 6.07) is 14.2. The van der Waals surface area contributed by atoms with Gasteiger partial charge in [-0.3, -0.25) is 14.2 Å². The van der Waals surface area contributed by atoms with Gasteiger partial charge in [-0.1, -0.05) is 36.4 Å². The molecule has 0 aliphatic carbocycles. The maximum atomic E-state index is 14.0. The molecule has 0 saturated carbocycles. The third-order valence-electron chi connectivity index (χ3n) is 4.29. The van der Waals surface area contributed by atoms with Crippen molar-refractivity contribution in [3.05, 3.63) is 48.5 Å². The van der Waals surface area contributed by atoms with Gasteiger partial charge in [0.2, 0.25) is 0 Å². The Labute approximate surface area is 157 Å². The molecule has 7 heteroatoms. The van der Waals surface area contributed by atoms with Crippen molar-refractivity contribution in [2.45, 2.75) is 25.9 Å². The highest BCUT2D eigenvalue weighted by Crippen LogP contribution is 2.58. The molecular formula is C20H21O6P. The standard InChI is InChI=1S/C20H21O6P/c1-3-24-19(21)13-18(20(22)25-4-2)27(23)17-12-8-6-10-15(17)14-9-5-7-11-16(14)26-27/h5-12,18H,3-4,13H2,1-2H3. The van der Waals surface area contributed by atoms with Crippen LogP contribution in [-0.4, -0.2) is 30.8 Å². The van der Waals surface area contributed by atoms with Gasteiger partial charge >= 0.3 is 11.9 Å². The molecular weight excluding hydrogens is 367 g/mol. The van der Waals surface area contributed by atoms with Crippen molar-refractivity contribution in [1.82, 2.24) is 0 Å². The SMILES string of the molecule is CCOC(=O)CC(C(=O)OCC)P1(=O)Oc2ccccc2-c2ccccc21. The van der Waals surface area contributed by atoms with E-state index in [0.29, 0.717) is 11.1 Å². The predicted molar refractivity (Wildman–Crippen MR) is 101 cm³/mol. The summed E-state index contributed by atoms with van der Waals surface area (Å²) in [4.78, 5) is 24.7. The van der Waals surface area contributed by atoms with Crippen molar-refractivity contribution in [2.24, 2.45) is 0 Å². The zero-order valence-corrected chi connectivity index (χ0v) is 16.1. The largest absolute Gasteiger partial charge is 0.466 e. The molecule has 3 rings (SSSR count). The molecule has 0 aromatic heterocycles. The topological polar surface area (TPSA) is 78.9 Å². The Bertz CT molecular complexity index is 907. The summed E-state index contributed by atoms with van der Waals surface area (Å²) in [6.07, 6.45) is -0.375. The Balaban J connectivity index is 2.12. The highest BCUT2D eigenvalue weighted by Gasteiger charge is 2.48. The van der Waals surface area contributed by atoms with Gasteiger partial charge < -0.3 is 14.0 Å². The lowest BCUT2D eigenvalue weighted by Crippen LogP contribution is -2.35. The van der Waals surface area contributed by atoms with Crippen LogP contribution in [0.25, 0.3) is 11.1 Å². The quantitative estimate of drug-likeness (QED) is 0.556. The van der Waals surface area contributed by atoms with E-state index in [-0.39, 0.29) is 19.6 Å². The van der Waals surface area contributed by atoms with Crippen LogP contribution in [0.1, 0.15) is 20.3 Å². The van der Waals surface area contributed by atoms with Gasteiger partial charge in [0.15, 0.2) is 5.66 Å². The number of ether oxygens (including phenoxy) is 2. The van der Waals surface area contributed by atoms with Crippen molar-refractivity contribution in [3.63, 3.8) is 0 Å². The molecule has 0 radical (unpaired) electrons. The fraction of sp³-hybridized carbons (Fsp3) is 0.300. The molecule has 1 heterocycles. The zero-order valence-electron chi connectivity index (χ0n) is 15.2. The Hall–Kier alpha value is -2.59. The number of carbonyl (C=O) groups excluding carboxylic acids is 2. The van der Waals surface area contributed by atoms with Gasteiger partial charge in [0.1, 0.15) is 5.75 Å². The van der Waals surface area contributed by atoms with Crippen LogP contribution in [0, 0.1) is 0 Å². The molecule has 2 atom stereocenters. The molecule has 2 aromatic rings. The lowest BCUT2D eigenvalue weighted by Gasteiger charge is -2.32. The molecule has 0 fully saturated rings. The first-order valence-electron chi connectivity index (χ1n) is 8.81. The summed E-state index contributed by atoms with van der Waals surface area (Å²) < 4.78 is 30.0. The van der Waals surface area contributed by atoms with E-state index in [0.717, 1.165) is 11.1 Å². The number of esters is 2. The van der Waals surface area contributed by atoms with Gasteiger partial charge in [-0.15, -0.1) is 0 Å². The highest BCUT2D eigenvalue weighted by molar-refractivity contribution is 7.69. The molecule has 2 aromatic carbocycles. The first-order valence-corrected chi connectivity index (χ1v) is 10.5. The summed E-state index contributed by atoms with van der Waals surface area (Å²) in [5, 5.41) is 0.408. The van der Waals surface area contributed by atoms with Crippen LogP contribution in [0.3, 0.4) is 0 Å². The molecule has 0 amide bonds. The monoisotopic (exact) mass is 388 g/mol. The average Bonchev–Trinajstić information content (AvgIpc) is 2.67. The van der Waals surface area contributed by atoms with Gasteiger partial charge in [-0.25, -0.2) is 0 Å². The highest BCUT2D eigenvalue weighted by atomic mass is 31.2. The van der Waals surface area contributed by atoms with E-state index in [1.165, 1.54) is 0 Å². The van der Waals surface area contributed by atoms with E-state index in [2.05, 4.69) is 0 Å². The van der Waals surface area contributed by atoms with Gasteiger partial charge in [0.05, 0.1) is 24.9 Å². The van der Waals surface area contributed by atoms with Crippen molar-refractivity contribution in [3.8, 4) is 16.9 Å². The maximum Gasteiger partial charge on any atom is 0.320 e. The molecule has 1 aliphatic rings. The minimum absolute atomic E-state index is 0.108. The van der Waals surface area contributed by atoms with Crippen molar-refractivity contribution in [2.75, 3.05) is 13.2 Å². The number of carbonyl (C=O) groups is 2. The molecule has 6 nitrogen and oxygen atoms in total. The minimum Gasteiger partial charge on any atom is -0.466 e. The van der Waals surface area contributed by atoms with E-state index >= 15 is 0 Å². The minimum atomic E-state index is -3.78. The Kier molecular flexibility index (Phi) is 5.66. The van der Waals surface area contributed by atoms with Gasteiger partial charge in [0.25, 0.3) is 7.37 Å². The first-order chi connectivity index (χ1) is 13.0. The number of para-hydroxylation sites is 1. The second kappa shape index (κ2) is 7.97. The predicted octanol–water partition coefficient (Wildman–Crippen LogP) is 3.53. The number of fused-ring (bicyclic) bond motifs is 3. The van der Waals surface area contributed by atoms with E-state index in [1.807, 2.05) is 24.3 Å². The normalized spacial score (nSPS) is 18.4. The molecule has 1 aliphatic heterocycles. The molecule has 142 valence electrons. The van der Waals surface area contributed by atoms with Crippen molar-refractivity contribution in [1.29, 1.82) is 0 Å². The van der Waals surface area contributed by atoms with Gasteiger partial charge in [0, 0.05) is 5.56 Å². The van der Waals surface area contributed by atoms with Crippen LogP contribution < -0.4 is 9.83 Å². The summed E-state index contributed by atoms with van der Waals surface area (Å²) >= 11 is 0. The third kappa shape index (κ3) is 3.62. The van der Waals surface area contributed by atoms with E-state index in [9.17, 15) is 14.2 Å². The van der Waals surface area contributed by atoms with Crippen molar-refractivity contribution >= 4 is 24.6 Å². The summed E-state index contributed by atoms with van der Waals surface area (Å²) in [5.74, 6) is -0.938. The average molecular weight is 388 g/mol. The summed E-state index contributed by atoms with van der Waals surface area (Å²) in [6.45, 7) is 3.59. The maximum absolute atomic E-state index is 14.0. The third-order valence-corrected chi connectivity index (χ3v) is 7.03. The Morgan fingerprint density at radius 3 is 2.30 bits per heavy atom. The first kappa shape index (κ1) is 19.2. The van der Waals surface area contributed by atoms with Crippen molar-refractivity contribution < 1.29 is 28.2 Å². The molecule has 27 heavy (non-hydrogen) atoms. The van der Waals surface area contributed by atoms with Gasteiger partial charge in [-0.05, 0) is 31.5 Å². The van der Waals surface area contributed by atoms with Crippen LogP contribution in [0.2, 0.25) is 0 Å². The smallest absolute Gasteiger partial charge is 0.320 e. The molecule has 2 unspecified atom stereocenters. The summed E-state index contributed by atoms with van der Waals surface area (Å²) in [5.41, 5.74) is 0.241. The van der Waals surface area contributed by atoms with E-state index in [4.69, 9.17) is 14.0 Å². The molecule has 0 spiro atoms. The fourth-order valence-corrected chi connectivity index (χ4v) is 5.71. The number of rotatable bonds is 6. The zero-order chi connectivity index (χ0) is 19.4. The van der Waals surface area contributed by atoms with Crippen LogP contribution >= 0.6 is 7.37 Å². The van der Waals surface area contributed by atoms with Crippen LogP contribution in [0.4, 0.5) is 0 Å². The molecule has 0 bridgehead atoms. The Morgan fingerprint density at radius 2 is 1.59 bits per heavy atom. The second-order valence-electron chi connectivity index (χ2n) is 5.98. The number of hydrogen-bond donors (Lipinski definition) is 0. The fourth-order valence-electron chi connectivity index (χ4n) is 3.13. The number of benzene rings is 2. The van der Waals surface area contributed by atoms with Crippen LogP contribution in [0.15, 0.2) is 48.5 Å². The van der Waals surface area contributed by atoms with E-state index < -0.39 is 25.0 Å². The van der Waals surface area contributed by atoms with Gasteiger partial charge in [-0.2, -0.15) is 0 Å². The second-order valence-corrected chi connectivity index (χ2v) is 8.46. The molecule has 0 N–H and O–H groups in total. The number of hydrogen-bond acceptors (Lipinski definition) is 6. The molecule has 0 saturated heterocycles. The lowest BCUT2D eigenvalue weighted by molar-refractivity contribution is -0.149.